The number of carbonyl (C=O) groups excluding carboxylic acids is 2. The molecule has 3 unspecified atom stereocenters. The van der Waals surface area contributed by atoms with E-state index in [1.807, 2.05) is 33.3 Å². The summed E-state index contributed by atoms with van der Waals surface area (Å²) in [5, 5.41) is 3.03. The number of nitrogens with one attached hydrogen (secondary N) is 1. The molecule has 10 heteroatoms. The lowest BCUT2D eigenvalue weighted by Gasteiger charge is -2.30. The van der Waals surface area contributed by atoms with Gasteiger partial charge in [0.05, 0.1) is 33.8 Å². The fourth-order valence-electron chi connectivity index (χ4n) is 9.41. The maximum atomic E-state index is 13.5. The molecule has 1 amide bonds. The second-order valence-corrected chi connectivity index (χ2v) is 24.0. The van der Waals surface area contributed by atoms with E-state index in [1.54, 1.807) is 0 Å². The van der Waals surface area contributed by atoms with Crippen LogP contribution in [-0.2, 0) is 27.9 Å². The van der Waals surface area contributed by atoms with E-state index in [4.69, 9.17) is 13.8 Å². The molecule has 71 heavy (non-hydrogen) atoms. The van der Waals surface area contributed by atoms with Gasteiger partial charge < -0.3 is 28.5 Å². The van der Waals surface area contributed by atoms with Gasteiger partial charge in [0.25, 0.3) is 7.82 Å². The lowest BCUT2D eigenvalue weighted by Crippen LogP contribution is -2.47. The molecule has 0 bridgehead atoms. The van der Waals surface area contributed by atoms with Gasteiger partial charge >= 0.3 is 5.97 Å². The van der Waals surface area contributed by atoms with Crippen molar-refractivity contribution in [1.82, 2.24) is 5.32 Å². The van der Waals surface area contributed by atoms with Crippen molar-refractivity contribution in [3.63, 3.8) is 0 Å². The molecule has 3 atom stereocenters. The molecule has 0 heterocycles. The number of rotatable bonds is 57. The topological polar surface area (TPSA) is 114 Å². The molecule has 0 aliphatic rings. The van der Waals surface area contributed by atoms with Crippen molar-refractivity contribution in [1.29, 1.82) is 0 Å². The molecule has 0 aromatic carbocycles. The molecular formula is C61H121N2O7P. The van der Waals surface area contributed by atoms with Gasteiger partial charge in [0, 0.05) is 12.8 Å². The highest BCUT2D eigenvalue weighted by atomic mass is 31.2. The summed E-state index contributed by atoms with van der Waals surface area (Å²) in [7, 11) is 1.21. The fourth-order valence-corrected chi connectivity index (χ4v) is 10.1. The van der Waals surface area contributed by atoms with Crippen LogP contribution in [0.1, 0.15) is 316 Å². The van der Waals surface area contributed by atoms with Gasteiger partial charge in [-0.15, -0.1) is 0 Å². The minimum atomic E-state index is -4.69. The highest BCUT2D eigenvalue weighted by molar-refractivity contribution is 7.45. The zero-order chi connectivity index (χ0) is 52.2. The fraction of sp³-hybridized carbons (Fsp3) is 0.934. The van der Waals surface area contributed by atoms with Crippen molar-refractivity contribution in [2.75, 3.05) is 40.9 Å². The van der Waals surface area contributed by atoms with E-state index >= 15 is 0 Å². The first kappa shape index (κ1) is 69.8. The molecule has 0 aliphatic carbocycles. The van der Waals surface area contributed by atoms with Crippen LogP contribution in [0.4, 0.5) is 0 Å². The minimum Gasteiger partial charge on any atom is -0.756 e. The average molecular weight is 1030 g/mol. The number of phosphoric ester groups is 1. The number of ether oxygens (including phenoxy) is 1. The number of quaternary nitrogens is 1. The van der Waals surface area contributed by atoms with Gasteiger partial charge in [-0.3, -0.25) is 14.2 Å². The quantitative estimate of drug-likeness (QED) is 0.0212. The van der Waals surface area contributed by atoms with Gasteiger partial charge in [-0.05, 0) is 31.8 Å². The Bertz CT molecular complexity index is 1230. The third-order valence-corrected chi connectivity index (χ3v) is 15.2. The van der Waals surface area contributed by atoms with E-state index in [-0.39, 0.29) is 31.5 Å². The molecule has 0 saturated carbocycles. The Morgan fingerprint density at radius 3 is 1.15 bits per heavy atom. The van der Waals surface area contributed by atoms with E-state index in [0.29, 0.717) is 17.4 Å². The second-order valence-electron chi connectivity index (χ2n) is 22.6. The predicted octanol–water partition coefficient (Wildman–Crippen LogP) is 18.2. The lowest BCUT2D eigenvalue weighted by atomic mass is 10.0. The van der Waals surface area contributed by atoms with Crippen molar-refractivity contribution in [2.24, 2.45) is 0 Å². The number of unbranched alkanes of at least 4 members (excludes halogenated alkanes) is 41. The molecule has 0 spiro atoms. The van der Waals surface area contributed by atoms with Crippen LogP contribution in [0.3, 0.4) is 0 Å². The standard InChI is InChI=1S/C61H121N2O7P/c1-7-10-13-16-19-22-25-27-29-30-31-32-34-35-38-41-44-47-50-53-60(64)62-58(57-69-71(66,67)68-56-55-63(4,5)6)59(52-49-46-43-40-37-24-21-18-15-12-9-3)70-61(65)54-51-48-45-42-39-36-33-28-26-23-20-17-14-11-8-2/h49,52,58-59H,7-48,50-51,53-57H2,1-6H3,(H-,62,64,66,67)/b52-49+. The van der Waals surface area contributed by atoms with Gasteiger partial charge in [0.15, 0.2) is 0 Å². The number of hydrogen-bond donors (Lipinski definition) is 1. The van der Waals surface area contributed by atoms with Crippen molar-refractivity contribution < 1.29 is 37.3 Å². The summed E-state index contributed by atoms with van der Waals surface area (Å²) < 4.78 is 30.3. The van der Waals surface area contributed by atoms with Crippen LogP contribution < -0.4 is 10.2 Å². The third kappa shape index (κ3) is 53.4. The number of allylic oxidation sites excluding steroid dienone is 1. The Morgan fingerprint density at radius 2 is 0.803 bits per heavy atom. The van der Waals surface area contributed by atoms with Crippen LogP contribution in [-0.4, -0.2) is 69.4 Å². The zero-order valence-corrected chi connectivity index (χ0v) is 49.1. The summed E-state index contributed by atoms with van der Waals surface area (Å²) in [4.78, 5) is 39.9. The van der Waals surface area contributed by atoms with E-state index in [2.05, 4.69) is 26.1 Å². The van der Waals surface area contributed by atoms with E-state index in [9.17, 15) is 19.0 Å². The summed E-state index contributed by atoms with van der Waals surface area (Å²) in [6, 6.07) is -0.878. The third-order valence-electron chi connectivity index (χ3n) is 14.2. The molecule has 0 fully saturated rings. The first-order chi connectivity index (χ1) is 34.4. The Morgan fingerprint density at radius 1 is 0.479 bits per heavy atom. The van der Waals surface area contributed by atoms with E-state index in [0.717, 1.165) is 57.8 Å². The molecule has 0 aliphatic heterocycles. The summed E-state index contributed by atoms with van der Waals surface area (Å²) in [5.41, 5.74) is 0. The lowest BCUT2D eigenvalue weighted by molar-refractivity contribution is -0.870. The number of likely N-dealkylation sites (N-methyl/N-ethyl adjacent to an activating group) is 1. The number of hydrogen-bond acceptors (Lipinski definition) is 7. The Kier molecular flexibility index (Phi) is 51.3. The zero-order valence-electron chi connectivity index (χ0n) is 48.2. The first-order valence-corrected chi connectivity index (χ1v) is 32.5. The maximum absolute atomic E-state index is 13.5. The Hall–Kier alpha value is -1.25. The van der Waals surface area contributed by atoms with Crippen LogP contribution in [0.5, 0.6) is 0 Å². The van der Waals surface area contributed by atoms with Crippen molar-refractivity contribution >= 4 is 19.7 Å². The molecule has 0 radical (unpaired) electrons. The molecule has 9 nitrogen and oxygen atoms in total. The largest absolute Gasteiger partial charge is 0.756 e. The van der Waals surface area contributed by atoms with Crippen molar-refractivity contribution in [3.05, 3.63) is 12.2 Å². The van der Waals surface area contributed by atoms with Gasteiger partial charge in [0.1, 0.15) is 19.3 Å². The van der Waals surface area contributed by atoms with Gasteiger partial charge in [0.2, 0.25) is 5.91 Å². The van der Waals surface area contributed by atoms with E-state index < -0.39 is 20.0 Å². The van der Waals surface area contributed by atoms with Gasteiger partial charge in [-0.25, -0.2) is 0 Å². The van der Waals surface area contributed by atoms with E-state index in [1.165, 1.54) is 225 Å². The molecule has 0 rings (SSSR count). The van der Waals surface area contributed by atoms with Crippen molar-refractivity contribution in [3.8, 4) is 0 Å². The SMILES string of the molecule is CCCCCCCCCCC/C=C/C(OC(=O)CCCCCCCCCCCCCCCCC)C(COP(=O)([O-])OCC[N+](C)(C)C)NC(=O)CCCCCCCCCCCCCCCCCCCCC. The van der Waals surface area contributed by atoms with Crippen LogP contribution in [0.15, 0.2) is 12.2 Å². The Labute approximate surface area is 441 Å². The normalized spacial score (nSPS) is 13.7. The van der Waals surface area contributed by atoms with Crippen LogP contribution in [0.25, 0.3) is 0 Å². The number of esters is 1. The smallest absolute Gasteiger partial charge is 0.306 e. The number of carbonyl (C=O) groups is 2. The number of nitrogens with zero attached hydrogens (tertiary/aromatic N) is 1. The molecular weight excluding hydrogens is 904 g/mol. The maximum Gasteiger partial charge on any atom is 0.306 e. The van der Waals surface area contributed by atoms with Crippen LogP contribution >= 0.6 is 7.82 Å². The van der Waals surface area contributed by atoms with Crippen LogP contribution in [0.2, 0.25) is 0 Å². The summed E-state index contributed by atoms with van der Waals surface area (Å²) in [5.74, 6) is -0.520. The number of amides is 1. The van der Waals surface area contributed by atoms with Gasteiger partial charge in [-0.1, -0.05) is 284 Å². The van der Waals surface area contributed by atoms with Crippen LogP contribution in [0, 0.1) is 0 Å². The summed E-state index contributed by atoms with van der Waals surface area (Å²) in [6.45, 7) is 6.89. The highest BCUT2D eigenvalue weighted by Gasteiger charge is 2.27. The monoisotopic (exact) mass is 1020 g/mol. The summed E-state index contributed by atoms with van der Waals surface area (Å²) in [6.07, 6.45) is 58.9. The molecule has 1 N–H and O–H groups in total. The minimum absolute atomic E-state index is 0.0168. The molecule has 0 aromatic heterocycles. The summed E-state index contributed by atoms with van der Waals surface area (Å²) >= 11 is 0. The predicted molar refractivity (Wildman–Crippen MR) is 303 cm³/mol. The molecule has 0 saturated heterocycles. The van der Waals surface area contributed by atoms with Crippen molar-refractivity contribution in [2.45, 2.75) is 328 Å². The molecule has 0 aromatic rings. The highest BCUT2D eigenvalue weighted by Crippen LogP contribution is 2.38. The average Bonchev–Trinajstić information content (AvgIpc) is 3.33. The second kappa shape index (κ2) is 52.2. The number of phosphoric acid groups is 1. The Balaban J connectivity index is 5.17. The molecule has 422 valence electrons. The first-order valence-electron chi connectivity index (χ1n) is 31.0. The van der Waals surface area contributed by atoms with Gasteiger partial charge in [-0.2, -0.15) is 0 Å².